The van der Waals surface area contributed by atoms with Crippen LogP contribution in [0.15, 0.2) is 0 Å². The minimum atomic E-state index is -1.98. The highest BCUT2D eigenvalue weighted by molar-refractivity contribution is 6.74. The van der Waals surface area contributed by atoms with Crippen molar-refractivity contribution in [2.24, 2.45) is 0 Å². The highest BCUT2D eigenvalue weighted by Crippen LogP contribution is 2.40. The number of ether oxygens (including phenoxy) is 2. The molecule has 160 valence electrons. The molecular weight excluding hydrogens is 376 g/mol. The SMILES string of the molecule is CC(=O)OC1CC[C@H]([C@@H](CO[Si](C)(C)C(C)(C)C)O[Si](C)(C)C(C)(C)C)O1. The Kier molecular flexibility index (Phi) is 7.95. The summed E-state index contributed by atoms with van der Waals surface area (Å²) in [7, 11) is -3.87. The molecule has 1 aliphatic heterocycles. The van der Waals surface area contributed by atoms with Crippen LogP contribution in [-0.4, -0.2) is 47.7 Å². The zero-order valence-electron chi connectivity index (χ0n) is 19.4. The molecule has 0 aromatic rings. The monoisotopic (exact) mass is 418 g/mol. The normalized spacial score (nSPS) is 23.4. The van der Waals surface area contributed by atoms with Crippen LogP contribution in [0.5, 0.6) is 0 Å². The lowest BCUT2D eigenvalue weighted by molar-refractivity contribution is -0.179. The number of carbonyl (C=O) groups excluding carboxylic acids is 1. The lowest BCUT2D eigenvalue weighted by Gasteiger charge is -2.42. The van der Waals surface area contributed by atoms with Crippen LogP contribution in [0, 0.1) is 0 Å². The van der Waals surface area contributed by atoms with E-state index in [0.717, 1.165) is 6.42 Å². The molecule has 0 spiro atoms. The average Bonchev–Trinajstić information content (AvgIpc) is 2.88. The number of hydrogen-bond acceptors (Lipinski definition) is 5. The minimum Gasteiger partial charge on any atom is -0.436 e. The fraction of sp³-hybridized carbons (Fsp3) is 0.950. The van der Waals surface area contributed by atoms with E-state index in [-0.39, 0.29) is 28.3 Å². The van der Waals surface area contributed by atoms with Gasteiger partial charge >= 0.3 is 5.97 Å². The van der Waals surface area contributed by atoms with Gasteiger partial charge in [-0.05, 0) is 42.7 Å². The molecule has 0 radical (unpaired) electrons. The third kappa shape index (κ3) is 6.96. The van der Waals surface area contributed by atoms with Crippen molar-refractivity contribution in [2.75, 3.05) is 6.61 Å². The van der Waals surface area contributed by atoms with E-state index in [2.05, 4.69) is 67.7 Å². The number of esters is 1. The first kappa shape index (κ1) is 24.8. The predicted molar refractivity (Wildman–Crippen MR) is 115 cm³/mol. The van der Waals surface area contributed by atoms with Gasteiger partial charge in [-0.1, -0.05) is 41.5 Å². The van der Waals surface area contributed by atoms with E-state index in [1.165, 1.54) is 6.92 Å². The van der Waals surface area contributed by atoms with E-state index in [0.29, 0.717) is 13.0 Å². The molecular formula is C20H42O5Si2. The second-order valence-electron chi connectivity index (χ2n) is 10.8. The lowest BCUT2D eigenvalue weighted by Crippen LogP contribution is -2.51. The summed E-state index contributed by atoms with van der Waals surface area (Å²) in [6.45, 7) is 24.4. The molecule has 5 nitrogen and oxygen atoms in total. The van der Waals surface area contributed by atoms with E-state index < -0.39 is 22.9 Å². The summed E-state index contributed by atoms with van der Waals surface area (Å²) in [5, 5.41) is 0.251. The van der Waals surface area contributed by atoms with E-state index in [1.54, 1.807) is 0 Å². The van der Waals surface area contributed by atoms with Gasteiger partial charge in [0.25, 0.3) is 0 Å². The second kappa shape index (κ2) is 8.65. The first-order chi connectivity index (χ1) is 12.0. The van der Waals surface area contributed by atoms with Gasteiger partial charge in [0.2, 0.25) is 6.29 Å². The molecule has 3 atom stereocenters. The Morgan fingerprint density at radius 2 is 1.52 bits per heavy atom. The van der Waals surface area contributed by atoms with Crippen molar-refractivity contribution in [1.82, 2.24) is 0 Å². The van der Waals surface area contributed by atoms with Gasteiger partial charge in [0.05, 0.1) is 18.8 Å². The van der Waals surface area contributed by atoms with Crippen molar-refractivity contribution >= 4 is 22.6 Å². The maximum Gasteiger partial charge on any atom is 0.304 e. The second-order valence-corrected chi connectivity index (χ2v) is 20.3. The molecule has 1 unspecified atom stereocenters. The van der Waals surface area contributed by atoms with Crippen molar-refractivity contribution in [3.05, 3.63) is 0 Å². The fourth-order valence-electron chi connectivity index (χ4n) is 2.46. The summed E-state index contributed by atoms with van der Waals surface area (Å²) < 4.78 is 24.5. The van der Waals surface area contributed by atoms with Crippen LogP contribution in [0.1, 0.15) is 61.3 Å². The van der Waals surface area contributed by atoms with Crippen molar-refractivity contribution in [1.29, 1.82) is 0 Å². The number of rotatable bonds is 7. The van der Waals surface area contributed by atoms with Crippen LogP contribution in [-0.2, 0) is 23.1 Å². The van der Waals surface area contributed by atoms with E-state index >= 15 is 0 Å². The maximum atomic E-state index is 11.3. The standard InChI is InChI=1S/C20H42O5Si2/c1-15(21)23-18-13-12-16(24-18)17(25-27(10,11)20(5,6)7)14-22-26(8,9)19(2,3)4/h16-18H,12-14H2,1-11H3/t16-,17-,18?/m1/s1. The van der Waals surface area contributed by atoms with Crippen LogP contribution in [0.25, 0.3) is 0 Å². The molecule has 0 N–H and O–H groups in total. The van der Waals surface area contributed by atoms with E-state index in [4.69, 9.17) is 18.3 Å². The molecule has 0 aromatic heterocycles. The molecule has 0 bridgehead atoms. The van der Waals surface area contributed by atoms with Gasteiger partial charge in [-0.2, -0.15) is 0 Å². The molecule has 0 aromatic carbocycles. The van der Waals surface area contributed by atoms with Gasteiger partial charge in [0.15, 0.2) is 16.6 Å². The Bertz CT molecular complexity index is 505. The smallest absolute Gasteiger partial charge is 0.304 e. The zero-order valence-corrected chi connectivity index (χ0v) is 21.4. The number of carbonyl (C=O) groups is 1. The molecule has 1 aliphatic rings. The van der Waals surface area contributed by atoms with Gasteiger partial charge in [-0.3, -0.25) is 4.79 Å². The third-order valence-corrected chi connectivity index (χ3v) is 15.4. The molecule has 1 heterocycles. The van der Waals surface area contributed by atoms with Crippen LogP contribution in [0.2, 0.25) is 36.3 Å². The Morgan fingerprint density at radius 1 is 1.00 bits per heavy atom. The van der Waals surface area contributed by atoms with Crippen LogP contribution in [0.3, 0.4) is 0 Å². The quantitative estimate of drug-likeness (QED) is 0.405. The first-order valence-corrected chi connectivity index (χ1v) is 15.9. The average molecular weight is 419 g/mol. The van der Waals surface area contributed by atoms with Crippen molar-refractivity contribution in [2.45, 2.75) is 116 Å². The highest BCUT2D eigenvalue weighted by Gasteiger charge is 2.45. The maximum absolute atomic E-state index is 11.3. The molecule has 1 fully saturated rings. The Labute approximate surface area is 168 Å². The van der Waals surface area contributed by atoms with Gasteiger partial charge in [0, 0.05) is 13.3 Å². The predicted octanol–water partition coefficient (Wildman–Crippen LogP) is 5.47. The zero-order chi connectivity index (χ0) is 21.3. The molecule has 27 heavy (non-hydrogen) atoms. The van der Waals surface area contributed by atoms with Gasteiger partial charge in [0.1, 0.15) is 0 Å². The number of hydrogen-bond donors (Lipinski definition) is 0. The summed E-state index contributed by atoms with van der Waals surface area (Å²) in [6, 6.07) is 0. The largest absolute Gasteiger partial charge is 0.436 e. The molecule has 0 aliphatic carbocycles. The van der Waals surface area contributed by atoms with Crippen molar-refractivity contribution in [3.8, 4) is 0 Å². The summed E-state index contributed by atoms with van der Waals surface area (Å²) >= 11 is 0. The van der Waals surface area contributed by atoms with Crippen LogP contribution in [0.4, 0.5) is 0 Å². The topological polar surface area (TPSA) is 54.0 Å². The molecule has 0 amide bonds. The van der Waals surface area contributed by atoms with E-state index in [9.17, 15) is 4.79 Å². The molecule has 7 heteroatoms. The molecule has 1 saturated heterocycles. The summed E-state index contributed by atoms with van der Waals surface area (Å²) in [5.74, 6) is -0.306. The van der Waals surface area contributed by atoms with Crippen molar-refractivity contribution in [3.63, 3.8) is 0 Å². The Morgan fingerprint density at radius 3 is 1.96 bits per heavy atom. The van der Waals surface area contributed by atoms with Crippen LogP contribution >= 0.6 is 0 Å². The Hall–Kier alpha value is -0.216. The van der Waals surface area contributed by atoms with Gasteiger partial charge in [-0.25, -0.2) is 0 Å². The summed E-state index contributed by atoms with van der Waals surface area (Å²) in [5.41, 5.74) is 0. The van der Waals surface area contributed by atoms with Crippen LogP contribution < -0.4 is 0 Å². The van der Waals surface area contributed by atoms with Gasteiger partial charge < -0.3 is 18.3 Å². The van der Waals surface area contributed by atoms with E-state index in [1.807, 2.05) is 0 Å². The van der Waals surface area contributed by atoms with Crippen molar-refractivity contribution < 1.29 is 23.1 Å². The lowest BCUT2D eigenvalue weighted by atomic mass is 10.1. The van der Waals surface area contributed by atoms with Gasteiger partial charge in [-0.15, -0.1) is 0 Å². The fourth-order valence-corrected chi connectivity index (χ4v) is 4.80. The molecule has 0 saturated carbocycles. The molecule has 1 rings (SSSR count). The Balaban J connectivity index is 2.92. The third-order valence-electron chi connectivity index (χ3n) is 6.39. The summed E-state index contributed by atoms with van der Waals surface area (Å²) in [6.07, 6.45) is 0.819. The minimum absolute atomic E-state index is 0.103. The first-order valence-electron chi connectivity index (χ1n) is 10.1. The summed E-state index contributed by atoms with van der Waals surface area (Å²) in [4.78, 5) is 11.3. The highest BCUT2D eigenvalue weighted by atomic mass is 28.4.